The Morgan fingerprint density at radius 3 is 2.79 bits per heavy atom. The van der Waals surface area contributed by atoms with Gasteiger partial charge in [0.05, 0.1) is 0 Å². The standard InChI is InChI=1S/C14H18N2O3/c1-9(8-15)6-13(17)16-11-5-3-2-4-10(11)7-12(16)14(18)19/h2-5,9,12H,6-8,15H2,1H3,(H,18,19)/t9?,12-/m0/s1. The molecule has 0 saturated heterocycles. The summed E-state index contributed by atoms with van der Waals surface area (Å²) in [5.41, 5.74) is 7.14. The number of anilines is 1. The van der Waals surface area contributed by atoms with Crippen molar-refractivity contribution in [2.24, 2.45) is 11.7 Å². The fourth-order valence-electron chi connectivity index (χ4n) is 2.37. The van der Waals surface area contributed by atoms with Crippen LogP contribution in [0.1, 0.15) is 18.9 Å². The maximum Gasteiger partial charge on any atom is 0.327 e. The van der Waals surface area contributed by atoms with E-state index in [0.717, 1.165) is 5.56 Å². The molecule has 0 saturated carbocycles. The predicted molar refractivity (Wildman–Crippen MR) is 71.9 cm³/mol. The van der Waals surface area contributed by atoms with E-state index in [0.29, 0.717) is 18.7 Å². The average molecular weight is 262 g/mol. The van der Waals surface area contributed by atoms with E-state index in [4.69, 9.17) is 5.73 Å². The number of amides is 1. The molecule has 1 heterocycles. The summed E-state index contributed by atoms with van der Waals surface area (Å²) < 4.78 is 0. The third-order valence-electron chi connectivity index (χ3n) is 3.46. The molecule has 0 fully saturated rings. The molecule has 0 spiro atoms. The zero-order valence-electron chi connectivity index (χ0n) is 10.9. The van der Waals surface area contributed by atoms with Gasteiger partial charge in [-0.25, -0.2) is 4.79 Å². The lowest BCUT2D eigenvalue weighted by atomic mass is 10.1. The number of benzene rings is 1. The third kappa shape index (κ3) is 2.61. The fraction of sp³-hybridized carbons (Fsp3) is 0.429. The molecule has 2 atom stereocenters. The Labute approximate surface area is 112 Å². The van der Waals surface area contributed by atoms with Crippen LogP contribution in [-0.4, -0.2) is 29.6 Å². The summed E-state index contributed by atoms with van der Waals surface area (Å²) in [4.78, 5) is 25.0. The molecule has 0 aliphatic carbocycles. The van der Waals surface area contributed by atoms with Crippen molar-refractivity contribution < 1.29 is 14.7 Å². The number of nitrogens with two attached hydrogens (primary N) is 1. The number of para-hydroxylation sites is 1. The fourth-order valence-corrected chi connectivity index (χ4v) is 2.37. The lowest BCUT2D eigenvalue weighted by Gasteiger charge is -2.24. The number of nitrogens with zero attached hydrogens (tertiary/aromatic N) is 1. The van der Waals surface area contributed by atoms with E-state index in [2.05, 4.69) is 0 Å². The van der Waals surface area contributed by atoms with E-state index >= 15 is 0 Å². The summed E-state index contributed by atoms with van der Waals surface area (Å²) in [6.45, 7) is 2.30. The molecule has 19 heavy (non-hydrogen) atoms. The molecule has 2 rings (SSSR count). The number of carboxylic acid groups (broad SMARTS) is 1. The zero-order chi connectivity index (χ0) is 14.0. The Kier molecular flexibility index (Phi) is 3.85. The molecule has 0 radical (unpaired) electrons. The first-order chi connectivity index (χ1) is 9.04. The van der Waals surface area contributed by atoms with E-state index in [1.54, 1.807) is 6.07 Å². The van der Waals surface area contributed by atoms with Crippen LogP contribution in [-0.2, 0) is 16.0 Å². The molecule has 3 N–H and O–H groups in total. The SMILES string of the molecule is CC(CN)CC(=O)N1c2ccccc2C[C@H]1C(=O)O. The molecule has 5 nitrogen and oxygen atoms in total. The number of hydrogen-bond acceptors (Lipinski definition) is 3. The van der Waals surface area contributed by atoms with Crippen molar-refractivity contribution in [2.45, 2.75) is 25.8 Å². The monoisotopic (exact) mass is 262 g/mol. The van der Waals surface area contributed by atoms with Gasteiger partial charge >= 0.3 is 5.97 Å². The normalized spacial score (nSPS) is 19.1. The van der Waals surface area contributed by atoms with Gasteiger partial charge in [0, 0.05) is 18.5 Å². The molecular weight excluding hydrogens is 244 g/mol. The Morgan fingerprint density at radius 2 is 2.16 bits per heavy atom. The molecular formula is C14H18N2O3. The van der Waals surface area contributed by atoms with Crippen LogP contribution < -0.4 is 10.6 Å². The average Bonchev–Trinajstić information content (AvgIpc) is 2.78. The number of carbonyl (C=O) groups excluding carboxylic acids is 1. The van der Waals surface area contributed by atoms with Crippen LogP contribution in [0.25, 0.3) is 0 Å². The Balaban J connectivity index is 2.29. The van der Waals surface area contributed by atoms with Crippen LogP contribution >= 0.6 is 0 Å². The van der Waals surface area contributed by atoms with Crippen LogP contribution in [0.4, 0.5) is 5.69 Å². The van der Waals surface area contributed by atoms with Gasteiger partial charge in [-0.2, -0.15) is 0 Å². The maximum atomic E-state index is 12.3. The number of carbonyl (C=O) groups is 2. The predicted octanol–water partition coefficient (Wildman–Crippen LogP) is 1.01. The summed E-state index contributed by atoms with van der Waals surface area (Å²) in [5, 5.41) is 9.28. The van der Waals surface area contributed by atoms with E-state index in [9.17, 15) is 14.7 Å². The van der Waals surface area contributed by atoms with Crippen molar-refractivity contribution in [3.63, 3.8) is 0 Å². The second-order valence-corrected chi connectivity index (χ2v) is 5.00. The lowest BCUT2D eigenvalue weighted by Crippen LogP contribution is -2.43. The van der Waals surface area contributed by atoms with Crippen molar-refractivity contribution in [2.75, 3.05) is 11.4 Å². The largest absolute Gasteiger partial charge is 0.480 e. The molecule has 0 bridgehead atoms. The Morgan fingerprint density at radius 1 is 1.47 bits per heavy atom. The first-order valence-electron chi connectivity index (χ1n) is 6.37. The van der Waals surface area contributed by atoms with Gasteiger partial charge in [0.2, 0.25) is 5.91 Å². The molecule has 1 aliphatic heterocycles. The third-order valence-corrected chi connectivity index (χ3v) is 3.46. The smallest absolute Gasteiger partial charge is 0.327 e. The zero-order valence-corrected chi connectivity index (χ0v) is 10.9. The molecule has 1 unspecified atom stereocenters. The van der Waals surface area contributed by atoms with E-state index in [1.165, 1.54) is 4.90 Å². The summed E-state index contributed by atoms with van der Waals surface area (Å²) in [7, 11) is 0. The minimum absolute atomic E-state index is 0.0507. The van der Waals surface area contributed by atoms with E-state index < -0.39 is 12.0 Å². The highest BCUT2D eigenvalue weighted by atomic mass is 16.4. The van der Waals surface area contributed by atoms with Crippen molar-refractivity contribution in [1.82, 2.24) is 0 Å². The van der Waals surface area contributed by atoms with Crippen molar-refractivity contribution >= 4 is 17.6 Å². The van der Waals surface area contributed by atoms with E-state index in [1.807, 2.05) is 25.1 Å². The summed E-state index contributed by atoms with van der Waals surface area (Å²) in [6, 6.07) is 6.54. The number of rotatable bonds is 4. The highest BCUT2D eigenvalue weighted by Gasteiger charge is 2.38. The van der Waals surface area contributed by atoms with E-state index in [-0.39, 0.29) is 18.2 Å². The minimum atomic E-state index is -0.968. The molecule has 1 amide bonds. The second-order valence-electron chi connectivity index (χ2n) is 5.00. The van der Waals surface area contributed by atoms with Gasteiger partial charge in [-0.05, 0) is 24.1 Å². The van der Waals surface area contributed by atoms with Crippen LogP contribution in [0, 0.1) is 5.92 Å². The van der Waals surface area contributed by atoms with Gasteiger partial charge < -0.3 is 10.8 Å². The number of aliphatic carboxylic acids is 1. The minimum Gasteiger partial charge on any atom is -0.480 e. The van der Waals surface area contributed by atoms with Crippen molar-refractivity contribution in [3.05, 3.63) is 29.8 Å². The summed E-state index contributed by atoms with van der Waals surface area (Å²) in [6.07, 6.45) is 0.642. The molecule has 102 valence electrons. The first kappa shape index (κ1) is 13.5. The Hall–Kier alpha value is -1.88. The van der Waals surface area contributed by atoms with Gasteiger partial charge in [-0.1, -0.05) is 25.1 Å². The summed E-state index contributed by atoms with van der Waals surface area (Å²) >= 11 is 0. The van der Waals surface area contributed by atoms with Gasteiger partial charge in [0.25, 0.3) is 0 Å². The highest BCUT2D eigenvalue weighted by molar-refractivity contribution is 6.01. The van der Waals surface area contributed by atoms with Crippen LogP contribution in [0.5, 0.6) is 0 Å². The van der Waals surface area contributed by atoms with Crippen LogP contribution in [0.3, 0.4) is 0 Å². The molecule has 1 aliphatic rings. The first-order valence-corrected chi connectivity index (χ1v) is 6.37. The molecule has 5 heteroatoms. The van der Waals surface area contributed by atoms with Gasteiger partial charge in [-0.3, -0.25) is 9.69 Å². The Bertz CT molecular complexity index is 501. The topological polar surface area (TPSA) is 83.6 Å². The van der Waals surface area contributed by atoms with Gasteiger partial charge in [0.15, 0.2) is 0 Å². The number of carboxylic acids is 1. The second kappa shape index (κ2) is 5.40. The molecule has 1 aromatic carbocycles. The van der Waals surface area contributed by atoms with Crippen molar-refractivity contribution in [3.8, 4) is 0 Å². The van der Waals surface area contributed by atoms with Crippen LogP contribution in [0.15, 0.2) is 24.3 Å². The van der Waals surface area contributed by atoms with Gasteiger partial charge in [-0.15, -0.1) is 0 Å². The molecule has 0 aromatic heterocycles. The maximum absolute atomic E-state index is 12.3. The number of fused-ring (bicyclic) bond motifs is 1. The molecule has 1 aromatic rings. The van der Waals surface area contributed by atoms with Crippen molar-refractivity contribution in [1.29, 1.82) is 0 Å². The quantitative estimate of drug-likeness (QED) is 0.848. The lowest BCUT2D eigenvalue weighted by molar-refractivity contribution is -0.140. The highest BCUT2D eigenvalue weighted by Crippen LogP contribution is 2.33. The number of hydrogen-bond donors (Lipinski definition) is 2. The van der Waals surface area contributed by atoms with Crippen LogP contribution in [0.2, 0.25) is 0 Å². The van der Waals surface area contributed by atoms with Gasteiger partial charge in [0.1, 0.15) is 6.04 Å². The summed E-state index contributed by atoms with van der Waals surface area (Å²) in [5.74, 6) is -1.09.